The van der Waals surface area contributed by atoms with E-state index in [2.05, 4.69) is 4.90 Å². The Bertz CT molecular complexity index is 2370. The molecular weight excluding hydrogens is 730 g/mol. The summed E-state index contributed by atoms with van der Waals surface area (Å²) in [6.45, 7) is 2.80. The van der Waals surface area contributed by atoms with E-state index in [-0.39, 0.29) is 35.8 Å². The molecule has 0 radical (unpaired) electrons. The molecule has 0 unspecified atom stereocenters. The van der Waals surface area contributed by atoms with E-state index in [1.165, 1.54) is 9.80 Å². The molecule has 1 N–H and O–H groups in total. The quantitative estimate of drug-likeness (QED) is 0.179. The molecule has 6 atom stereocenters. The Balaban J connectivity index is 1.11. The maximum absolute atomic E-state index is 15.5. The van der Waals surface area contributed by atoms with Gasteiger partial charge in [0.2, 0.25) is 23.6 Å². The van der Waals surface area contributed by atoms with E-state index in [9.17, 15) is 14.7 Å². The molecule has 0 spiro atoms. The van der Waals surface area contributed by atoms with Crippen molar-refractivity contribution in [2.45, 2.75) is 24.7 Å². The molecule has 282 valence electrons. The molecule has 6 aliphatic rings. The zero-order valence-electron chi connectivity index (χ0n) is 30.3. The van der Waals surface area contributed by atoms with Gasteiger partial charge in [0.15, 0.2) is 0 Å². The van der Waals surface area contributed by atoms with E-state index in [1.54, 1.807) is 48.7 Å². The Morgan fingerprint density at radius 2 is 1.52 bits per heavy atom. The highest BCUT2D eigenvalue weighted by Gasteiger charge is 2.70. The Morgan fingerprint density at radius 1 is 0.750 bits per heavy atom. The lowest BCUT2D eigenvalue weighted by Crippen LogP contribution is -2.55. The van der Waals surface area contributed by atoms with Gasteiger partial charge >= 0.3 is 0 Å². The number of phenols is 1. The first-order valence-corrected chi connectivity index (χ1v) is 19.5. The minimum atomic E-state index is -1.42. The third kappa shape index (κ3) is 5.12. The zero-order chi connectivity index (χ0) is 38.3. The van der Waals surface area contributed by atoms with Gasteiger partial charge in [-0.15, -0.1) is 0 Å². The molecule has 4 amide bonds. The van der Waals surface area contributed by atoms with Gasteiger partial charge in [0, 0.05) is 41.7 Å². The first-order chi connectivity index (χ1) is 27.3. The number of morpholine rings is 1. The maximum Gasteiger partial charge on any atom is 0.246 e. The third-order valence-corrected chi connectivity index (χ3v) is 13.0. The molecule has 2 aliphatic carbocycles. The van der Waals surface area contributed by atoms with Crippen LogP contribution in [-0.4, -0.2) is 55.0 Å². The number of rotatable bonds is 5. The van der Waals surface area contributed by atoms with Crippen LogP contribution in [0.2, 0.25) is 5.02 Å². The highest BCUT2D eigenvalue weighted by molar-refractivity contribution is 6.32. The number of carbonyl (C=O) groups is 4. The van der Waals surface area contributed by atoms with E-state index < -0.39 is 35.0 Å². The number of allylic oxidation sites excluding steroid dienone is 3. The lowest BCUT2D eigenvalue weighted by atomic mass is 9.48. The lowest BCUT2D eigenvalue weighted by molar-refractivity contribution is -0.128. The predicted octanol–water partition coefficient (Wildman–Crippen LogP) is 6.60. The van der Waals surface area contributed by atoms with Crippen LogP contribution in [0.15, 0.2) is 121 Å². The van der Waals surface area contributed by atoms with Crippen molar-refractivity contribution in [3.8, 4) is 11.5 Å². The van der Waals surface area contributed by atoms with Crippen molar-refractivity contribution in [1.29, 1.82) is 0 Å². The molecule has 10 rings (SSSR count). The summed E-state index contributed by atoms with van der Waals surface area (Å²) in [6.07, 6.45) is 4.55. The number of hydrogen-bond donors (Lipinski definition) is 1. The molecule has 10 nitrogen and oxygen atoms in total. The van der Waals surface area contributed by atoms with Crippen molar-refractivity contribution < 1.29 is 33.8 Å². The fraction of sp³-hybridized carbons (Fsp3) is 0.289. The highest BCUT2D eigenvalue weighted by Crippen LogP contribution is 2.64. The molecule has 4 aromatic carbocycles. The number of hydrogen-bond acceptors (Lipinski definition) is 8. The van der Waals surface area contributed by atoms with E-state index in [0.29, 0.717) is 53.8 Å². The van der Waals surface area contributed by atoms with Gasteiger partial charge in [0.25, 0.3) is 0 Å². The number of benzene rings is 4. The molecule has 0 aromatic heterocycles. The highest BCUT2D eigenvalue weighted by atomic mass is 35.5. The van der Waals surface area contributed by atoms with Crippen LogP contribution in [0.5, 0.6) is 11.5 Å². The number of amides is 4. The van der Waals surface area contributed by atoms with Crippen LogP contribution in [0.4, 0.5) is 17.1 Å². The smallest absolute Gasteiger partial charge is 0.246 e. The molecule has 56 heavy (non-hydrogen) atoms. The van der Waals surface area contributed by atoms with E-state index in [1.807, 2.05) is 60.7 Å². The predicted molar refractivity (Wildman–Crippen MR) is 209 cm³/mol. The Labute approximate surface area is 328 Å². The fourth-order valence-corrected chi connectivity index (χ4v) is 10.6. The summed E-state index contributed by atoms with van der Waals surface area (Å²) >= 11 is 6.45. The maximum atomic E-state index is 15.5. The van der Waals surface area contributed by atoms with E-state index in [4.69, 9.17) is 21.1 Å². The standard InChI is InChI=1S/C45H38ClN3O7/c46-29-7-4-8-32(23-29)49-42(52)37-24-36-34(14-15-35-39(36)43(53)48(41(35)51)31-11-9-30(10-12-31)47-17-19-55-20-18-47)40(45(37,44(49)54)28-5-2-1-3-6-28)27-21-26-22-33(50)13-16-38(26)56-25-27/h1-14,16,22-23,25,35-37,39-40,50H,15,17-21,24H2/t35-,36+,37-,39-,40-,45+/m0/s1. The monoisotopic (exact) mass is 767 g/mol. The second-order valence-corrected chi connectivity index (χ2v) is 15.9. The first kappa shape index (κ1) is 34.8. The minimum absolute atomic E-state index is 0.0814. The first-order valence-electron chi connectivity index (χ1n) is 19.1. The van der Waals surface area contributed by atoms with Crippen molar-refractivity contribution in [3.05, 3.63) is 137 Å². The van der Waals surface area contributed by atoms with Gasteiger partial charge < -0.3 is 19.5 Å². The fourth-order valence-electron chi connectivity index (χ4n) is 10.4. The van der Waals surface area contributed by atoms with Crippen LogP contribution in [0.3, 0.4) is 0 Å². The topological polar surface area (TPSA) is 117 Å². The van der Waals surface area contributed by atoms with Gasteiger partial charge in [-0.3, -0.25) is 24.1 Å². The zero-order valence-corrected chi connectivity index (χ0v) is 31.1. The number of imide groups is 2. The lowest BCUT2D eigenvalue weighted by Gasteiger charge is -2.51. The summed E-state index contributed by atoms with van der Waals surface area (Å²) in [6, 6.07) is 28.6. The largest absolute Gasteiger partial charge is 0.508 e. The Hall–Kier alpha value is -5.71. The molecule has 11 heteroatoms. The molecule has 4 fully saturated rings. The summed E-state index contributed by atoms with van der Waals surface area (Å²) in [7, 11) is 0. The van der Waals surface area contributed by atoms with Crippen LogP contribution < -0.4 is 19.4 Å². The van der Waals surface area contributed by atoms with Crippen molar-refractivity contribution in [3.63, 3.8) is 0 Å². The van der Waals surface area contributed by atoms with Gasteiger partial charge in [0.05, 0.1) is 54.0 Å². The molecule has 4 heterocycles. The molecular formula is C45H38ClN3O7. The summed E-state index contributed by atoms with van der Waals surface area (Å²) in [5, 5.41) is 10.9. The van der Waals surface area contributed by atoms with Gasteiger partial charge in [-0.2, -0.15) is 0 Å². The minimum Gasteiger partial charge on any atom is -0.508 e. The molecule has 4 aliphatic heterocycles. The van der Waals surface area contributed by atoms with Gasteiger partial charge in [-0.05, 0) is 90.6 Å². The number of halogens is 1. The van der Waals surface area contributed by atoms with Crippen molar-refractivity contribution in [2.75, 3.05) is 41.0 Å². The Morgan fingerprint density at radius 3 is 2.29 bits per heavy atom. The summed E-state index contributed by atoms with van der Waals surface area (Å²) in [4.78, 5) is 64.5. The van der Waals surface area contributed by atoms with Crippen LogP contribution in [0, 0.1) is 29.6 Å². The number of carbonyl (C=O) groups excluding carboxylic acids is 4. The second-order valence-electron chi connectivity index (χ2n) is 15.5. The van der Waals surface area contributed by atoms with Crippen molar-refractivity contribution in [1.82, 2.24) is 0 Å². The molecule has 3 saturated heterocycles. The average molecular weight is 768 g/mol. The number of phenolic OH excluding ortho intramolecular Hbond substituents is 1. The SMILES string of the molecule is O=C1[C@H]2[C@H](CC=C3[C@H](C4=COc5ccc(O)cc5C4)[C@]4(c5ccccc5)C(=O)N(c5cccc(Cl)c5)C(=O)[C@@H]4C[C@H]32)C(=O)N1c1ccc(N2CCOCC2)cc1. The number of nitrogens with zero attached hydrogens (tertiary/aromatic N) is 3. The van der Waals surface area contributed by atoms with Crippen LogP contribution >= 0.6 is 11.6 Å². The van der Waals surface area contributed by atoms with Gasteiger partial charge in [0.1, 0.15) is 11.5 Å². The van der Waals surface area contributed by atoms with E-state index in [0.717, 1.165) is 35.5 Å². The summed E-state index contributed by atoms with van der Waals surface area (Å²) in [5.74, 6) is -4.13. The van der Waals surface area contributed by atoms with Crippen LogP contribution in [0.1, 0.15) is 24.0 Å². The van der Waals surface area contributed by atoms with Crippen LogP contribution in [-0.2, 0) is 35.8 Å². The normalized spacial score (nSPS) is 28.2. The molecule has 0 bridgehead atoms. The van der Waals surface area contributed by atoms with E-state index >= 15 is 9.59 Å². The van der Waals surface area contributed by atoms with Gasteiger partial charge in [-0.25, -0.2) is 4.90 Å². The molecule has 4 aromatic rings. The van der Waals surface area contributed by atoms with Gasteiger partial charge in [-0.1, -0.05) is 59.6 Å². The van der Waals surface area contributed by atoms with Crippen LogP contribution in [0.25, 0.3) is 0 Å². The Kier molecular flexibility index (Phi) is 8.20. The molecule has 1 saturated carbocycles. The number of anilines is 3. The van der Waals surface area contributed by atoms with Crippen molar-refractivity contribution >= 4 is 52.3 Å². The number of aromatic hydroxyl groups is 1. The average Bonchev–Trinajstić information content (AvgIpc) is 3.61. The summed E-state index contributed by atoms with van der Waals surface area (Å²) in [5.41, 5.74) is 3.47. The number of fused-ring (bicyclic) bond motifs is 5. The third-order valence-electron chi connectivity index (χ3n) is 12.8. The second kappa shape index (κ2) is 13.2. The summed E-state index contributed by atoms with van der Waals surface area (Å²) < 4.78 is 11.7. The van der Waals surface area contributed by atoms with Crippen molar-refractivity contribution in [2.24, 2.45) is 29.6 Å². The number of ether oxygens (including phenoxy) is 2.